The second-order valence-electron chi connectivity index (χ2n) is 7.44. The minimum atomic E-state index is -0.342. The molecule has 0 saturated carbocycles. The Kier molecular flexibility index (Phi) is 8.68. The number of amides is 2. The highest BCUT2D eigenvalue weighted by Crippen LogP contribution is 2.29. The lowest BCUT2D eigenvalue weighted by Crippen LogP contribution is -2.48. The zero-order valence-corrected chi connectivity index (χ0v) is 20.2. The summed E-state index contributed by atoms with van der Waals surface area (Å²) in [6, 6.07) is 12.9. The third kappa shape index (κ3) is 6.94. The minimum Gasteiger partial charge on any atom is -0.497 e. The molecule has 2 aromatic rings. The van der Waals surface area contributed by atoms with E-state index in [4.69, 9.17) is 28.6 Å². The molecule has 2 amide bonds. The van der Waals surface area contributed by atoms with Gasteiger partial charge in [-0.1, -0.05) is 30.7 Å². The van der Waals surface area contributed by atoms with Crippen LogP contribution in [-0.4, -0.2) is 55.1 Å². The van der Waals surface area contributed by atoms with Gasteiger partial charge < -0.3 is 19.9 Å². The second kappa shape index (κ2) is 11.7. The molecule has 0 aromatic heterocycles. The predicted molar refractivity (Wildman–Crippen MR) is 137 cm³/mol. The largest absolute Gasteiger partial charge is 0.497 e. The van der Waals surface area contributed by atoms with Crippen LogP contribution < -0.4 is 20.3 Å². The summed E-state index contributed by atoms with van der Waals surface area (Å²) in [5.74, 6) is 0.584. The highest BCUT2D eigenvalue weighted by atomic mass is 35.5. The number of carbonyl (C=O) groups excluding carboxylic acids is 2. The fourth-order valence-corrected chi connectivity index (χ4v) is 3.98. The van der Waals surface area contributed by atoms with Crippen LogP contribution in [-0.2, 0) is 9.59 Å². The van der Waals surface area contributed by atoms with E-state index in [0.717, 1.165) is 30.1 Å². The lowest BCUT2D eigenvalue weighted by atomic mass is 10.2. The summed E-state index contributed by atoms with van der Waals surface area (Å²) in [5, 5.41) is 6.35. The van der Waals surface area contributed by atoms with Crippen molar-refractivity contribution in [3.05, 3.63) is 59.1 Å². The molecule has 7 nitrogen and oxygen atoms in total. The summed E-state index contributed by atoms with van der Waals surface area (Å²) in [7, 11) is 1.60. The maximum atomic E-state index is 12.2. The summed E-state index contributed by atoms with van der Waals surface area (Å²) in [5.41, 5.74) is 2.45. The Hall–Kier alpha value is -3.10. The molecule has 0 radical (unpaired) electrons. The summed E-state index contributed by atoms with van der Waals surface area (Å²) >= 11 is 11.7. The number of piperazine rings is 1. The number of hydrogen-bond acceptors (Lipinski definition) is 5. The van der Waals surface area contributed by atoms with Crippen molar-refractivity contribution >= 4 is 58.2 Å². The number of carbonyl (C=O) groups is 2. The van der Waals surface area contributed by atoms with E-state index in [-0.39, 0.29) is 16.9 Å². The predicted octanol–water partition coefficient (Wildman–Crippen LogP) is 3.93. The van der Waals surface area contributed by atoms with Gasteiger partial charge in [-0.05, 0) is 54.2 Å². The third-order valence-corrected chi connectivity index (χ3v) is 5.77. The Morgan fingerprint density at radius 1 is 1.12 bits per heavy atom. The van der Waals surface area contributed by atoms with Crippen LogP contribution in [0.1, 0.15) is 18.9 Å². The molecular weight excluding hydrogens is 460 g/mol. The Morgan fingerprint density at radius 2 is 1.82 bits per heavy atom. The average molecular weight is 487 g/mol. The second-order valence-corrected chi connectivity index (χ2v) is 8.25. The van der Waals surface area contributed by atoms with Crippen molar-refractivity contribution in [1.82, 2.24) is 10.2 Å². The van der Waals surface area contributed by atoms with Crippen molar-refractivity contribution in [1.29, 1.82) is 0 Å². The number of anilines is 2. The minimum absolute atomic E-state index is 0.176. The number of halogens is 1. The van der Waals surface area contributed by atoms with E-state index in [2.05, 4.69) is 15.5 Å². The lowest BCUT2D eigenvalue weighted by molar-refractivity contribution is -0.131. The Bertz CT molecular complexity index is 1030. The normalized spacial score (nSPS) is 13.7. The van der Waals surface area contributed by atoms with Gasteiger partial charge in [-0.3, -0.25) is 14.9 Å². The van der Waals surface area contributed by atoms with Gasteiger partial charge >= 0.3 is 0 Å². The van der Waals surface area contributed by atoms with Crippen LogP contribution in [0.25, 0.3) is 6.08 Å². The molecule has 0 spiro atoms. The number of hydrogen-bond donors (Lipinski definition) is 2. The number of ether oxygens (including phenoxy) is 1. The van der Waals surface area contributed by atoms with Crippen LogP contribution in [0.2, 0.25) is 5.02 Å². The highest BCUT2D eigenvalue weighted by molar-refractivity contribution is 7.80. The van der Waals surface area contributed by atoms with E-state index in [1.54, 1.807) is 19.3 Å². The van der Waals surface area contributed by atoms with Crippen molar-refractivity contribution in [3.63, 3.8) is 0 Å². The highest BCUT2D eigenvalue weighted by Gasteiger charge is 2.21. The first-order valence-electron chi connectivity index (χ1n) is 10.7. The van der Waals surface area contributed by atoms with Gasteiger partial charge in [0.25, 0.3) is 0 Å². The summed E-state index contributed by atoms with van der Waals surface area (Å²) in [6.45, 7) is 4.70. The molecule has 0 aliphatic carbocycles. The fourth-order valence-electron chi connectivity index (χ4n) is 3.46. The van der Waals surface area contributed by atoms with Gasteiger partial charge in [-0.2, -0.15) is 0 Å². The zero-order valence-electron chi connectivity index (χ0n) is 18.6. The van der Waals surface area contributed by atoms with Gasteiger partial charge in [0.15, 0.2) is 5.11 Å². The SMILES string of the molecule is CCC(=O)N1CCN(c2ccc(NC(=S)NC(=O)/C=C/c3ccc(OC)cc3)cc2Cl)CC1. The number of thiocarbonyl (C=S) groups is 1. The van der Waals surface area contributed by atoms with Gasteiger partial charge in [0.1, 0.15) is 5.75 Å². The maximum Gasteiger partial charge on any atom is 0.250 e. The van der Waals surface area contributed by atoms with Crippen molar-refractivity contribution in [2.24, 2.45) is 0 Å². The van der Waals surface area contributed by atoms with Crippen LogP contribution >= 0.6 is 23.8 Å². The lowest BCUT2D eigenvalue weighted by Gasteiger charge is -2.36. The zero-order chi connectivity index (χ0) is 23.8. The Morgan fingerprint density at radius 3 is 2.42 bits per heavy atom. The van der Waals surface area contributed by atoms with Crippen LogP contribution in [0.5, 0.6) is 5.75 Å². The number of nitrogens with zero attached hydrogens (tertiary/aromatic N) is 2. The molecule has 0 atom stereocenters. The topological polar surface area (TPSA) is 73.9 Å². The molecule has 1 saturated heterocycles. The molecule has 3 rings (SSSR count). The molecule has 0 bridgehead atoms. The fraction of sp³-hybridized carbons (Fsp3) is 0.292. The van der Waals surface area contributed by atoms with Crippen LogP contribution in [0.4, 0.5) is 11.4 Å². The molecule has 1 heterocycles. The average Bonchev–Trinajstić information content (AvgIpc) is 2.82. The van der Waals surface area contributed by atoms with E-state index in [0.29, 0.717) is 30.2 Å². The maximum absolute atomic E-state index is 12.2. The monoisotopic (exact) mass is 486 g/mol. The Balaban J connectivity index is 1.51. The number of benzene rings is 2. The molecule has 0 unspecified atom stereocenters. The molecular formula is C24H27ClN4O3S. The smallest absolute Gasteiger partial charge is 0.250 e. The van der Waals surface area contributed by atoms with E-state index >= 15 is 0 Å². The van der Waals surface area contributed by atoms with Gasteiger partial charge in [0.05, 0.1) is 17.8 Å². The summed E-state index contributed by atoms with van der Waals surface area (Å²) < 4.78 is 5.12. The van der Waals surface area contributed by atoms with E-state index < -0.39 is 0 Å². The van der Waals surface area contributed by atoms with Gasteiger partial charge in [-0.15, -0.1) is 0 Å². The van der Waals surface area contributed by atoms with Crippen molar-refractivity contribution in [2.45, 2.75) is 13.3 Å². The molecule has 2 N–H and O–H groups in total. The van der Waals surface area contributed by atoms with Crippen molar-refractivity contribution in [3.8, 4) is 5.75 Å². The van der Waals surface area contributed by atoms with Gasteiger partial charge in [0, 0.05) is 44.4 Å². The first kappa shape index (κ1) is 24.5. The quantitative estimate of drug-likeness (QED) is 0.476. The molecule has 33 heavy (non-hydrogen) atoms. The number of nitrogens with one attached hydrogen (secondary N) is 2. The molecule has 2 aromatic carbocycles. The van der Waals surface area contributed by atoms with Gasteiger partial charge in [-0.25, -0.2) is 0 Å². The van der Waals surface area contributed by atoms with Gasteiger partial charge in [0.2, 0.25) is 11.8 Å². The Labute approximate surface area is 204 Å². The van der Waals surface area contributed by atoms with E-state index in [1.807, 2.05) is 48.2 Å². The standard InChI is InChI=1S/C24H27ClN4O3S/c1-3-23(31)29-14-12-28(13-15-29)21-10-7-18(16-20(21)25)26-24(33)27-22(30)11-6-17-4-8-19(32-2)9-5-17/h4-11,16H,3,12-15H2,1-2H3,(H2,26,27,30,33)/b11-6+. The van der Waals surface area contributed by atoms with Crippen molar-refractivity contribution in [2.75, 3.05) is 43.5 Å². The molecule has 1 fully saturated rings. The number of rotatable bonds is 6. The first-order valence-corrected chi connectivity index (χ1v) is 11.4. The molecule has 9 heteroatoms. The molecule has 1 aliphatic heterocycles. The molecule has 174 valence electrons. The first-order chi connectivity index (χ1) is 15.9. The third-order valence-electron chi connectivity index (χ3n) is 5.26. The number of methoxy groups -OCH3 is 1. The van der Waals surface area contributed by atoms with Crippen molar-refractivity contribution < 1.29 is 14.3 Å². The van der Waals surface area contributed by atoms with Crippen LogP contribution in [0.3, 0.4) is 0 Å². The van der Waals surface area contributed by atoms with Crippen LogP contribution in [0.15, 0.2) is 48.5 Å². The van der Waals surface area contributed by atoms with E-state index in [1.165, 1.54) is 6.08 Å². The van der Waals surface area contributed by atoms with E-state index in [9.17, 15) is 9.59 Å². The summed E-state index contributed by atoms with van der Waals surface area (Å²) in [6.07, 6.45) is 3.63. The molecule has 1 aliphatic rings. The summed E-state index contributed by atoms with van der Waals surface area (Å²) in [4.78, 5) is 28.1. The van der Waals surface area contributed by atoms with Crippen LogP contribution in [0, 0.1) is 0 Å².